The van der Waals surface area contributed by atoms with Crippen LogP contribution in [-0.4, -0.2) is 30.6 Å². The lowest BCUT2D eigenvalue weighted by atomic mass is 10.1. The molecule has 0 radical (unpaired) electrons. The van der Waals surface area contributed by atoms with Gasteiger partial charge in [-0.1, -0.05) is 6.92 Å². The smallest absolute Gasteiger partial charge is 0.222 e. The minimum atomic E-state index is -1.68. The summed E-state index contributed by atoms with van der Waals surface area (Å²) in [5, 5.41) is 7.84. The van der Waals surface area contributed by atoms with Crippen molar-refractivity contribution in [2.24, 2.45) is 0 Å². The quantitative estimate of drug-likeness (QED) is 0.695. The fourth-order valence-electron chi connectivity index (χ4n) is 2.44. The second kappa shape index (κ2) is 6.71. The Morgan fingerprint density at radius 1 is 1.35 bits per heavy atom. The van der Waals surface area contributed by atoms with Crippen molar-refractivity contribution in [2.75, 3.05) is 5.32 Å². The molecule has 0 aliphatic carbocycles. The number of pyridine rings is 1. The molecular weight excluding hydrogens is 403 g/mol. The molecule has 0 fully saturated rings. The van der Waals surface area contributed by atoms with Gasteiger partial charge in [0.25, 0.3) is 0 Å². The summed E-state index contributed by atoms with van der Waals surface area (Å²) in [5.74, 6) is 0.726. The highest BCUT2D eigenvalue weighted by Gasteiger charge is 2.25. The molecule has 0 spiro atoms. The van der Waals surface area contributed by atoms with Gasteiger partial charge >= 0.3 is 0 Å². The summed E-state index contributed by atoms with van der Waals surface area (Å²) in [6.07, 6.45) is 2.24. The molecule has 0 aromatic carbocycles. The zero-order chi connectivity index (χ0) is 19.1. The Balaban J connectivity index is 2.23. The molecule has 1 N–H and O–H groups in total. The summed E-state index contributed by atoms with van der Waals surface area (Å²) < 4.78 is 16.6. The van der Waals surface area contributed by atoms with Crippen LogP contribution in [0.25, 0.3) is 16.7 Å². The number of hydrogen-bond acceptors (Lipinski definition) is 5. The second-order valence-corrected chi connectivity index (χ2v) is 7.09. The number of fused-ring (bicyclic) bond motifs is 1. The van der Waals surface area contributed by atoms with Gasteiger partial charge in [-0.2, -0.15) is 5.10 Å². The number of anilines is 1. The minimum absolute atomic E-state index is 0.0998. The number of aryl methyl sites for hydroxylation is 1. The SMILES string of the molecule is CCc1cc(-n2nc(Br)c3cnc(NC(C)=O)cc32)nc(C(C)(C)F)n1. The normalized spacial score (nSPS) is 11.8. The Bertz CT molecular complexity index is 995. The maximum Gasteiger partial charge on any atom is 0.222 e. The van der Waals surface area contributed by atoms with Crippen LogP contribution in [0.4, 0.5) is 10.2 Å². The van der Waals surface area contributed by atoms with E-state index in [1.165, 1.54) is 20.8 Å². The molecule has 3 aromatic rings. The molecule has 0 saturated carbocycles. The van der Waals surface area contributed by atoms with Gasteiger partial charge in [0, 0.05) is 30.9 Å². The van der Waals surface area contributed by atoms with Crippen LogP contribution in [-0.2, 0) is 16.9 Å². The van der Waals surface area contributed by atoms with E-state index in [1.807, 2.05) is 6.92 Å². The Morgan fingerprint density at radius 2 is 2.08 bits per heavy atom. The summed E-state index contributed by atoms with van der Waals surface area (Å²) in [6.45, 7) is 6.19. The molecule has 136 valence electrons. The summed E-state index contributed by atoms with van der Waals surface area (Å²) in [7, 11) is 0. The van der Waals surface area contributed by atoms with Crippen molar-refractivity contribution >= 4 is 38.6 Å². The lowest BCUT2D eigenvalue weighted by molar-refractivity contribution is -0.114. The summed E-state index contributed by atoms with van der Waals surface area (Å²) in [6, 6.07) is 3.47. The van der Waals surface area contributed by atoms with Gasteiger partial charge in [-0.25, -0.2) is 24.0 Å². The van der Waals surface area contributed by atoms with Crippen LogP contribution in [0.3, 0.4) is 0 Å². The van der Waals surface area contributed by atoms with Gasteiger partial charge in [-0.15, -0.1) is 0 Å². The second-order valence-electron chi connectivity index (χ2n) is 6.34. The number of nitrogens with zero attached hydrogens (tertiary/aromatic N) is 5. The first-order chi connectivity index (χ1) is 12.2. The molecule has 1 amide bonds. The predicted molar refractivity (Wildman–Crippen MR) is 100.0 cm³/mol. The van der Waals surface area contributed by atoms with Crippen LogP contribution < -0.4 is 5.32 Å². The van der Waals surface area contributed by atoms with Gasteiger partial charge in [-0.05, 0) is 36.2 Å². The molecule has 3 rings (SSSR count). The van der Waals surface area contributed by atoms with Crippen molar-refractivity contribution in [1.29, 1.82) is 0 Å². The van der Waals surface area contributed by atoms with Crippen molar-refractivity contribution in [3.05, 3.63) is 34.5 Å². The van der Waals surface area contributed by atoms with Gasteiger partial charge in [-0.3, -0.25) is 4.79 Å². The third-order valence-electron chi connectivity index (χ3n) is 3.70. The first kappa shape index (κ1) is 18.4. The fraction of sp³-hybridized carbons (Fsp3) is 0.353. The van der Waals surface area contributed by atoms with E-state index in [0.29, 0.717) is 33.9 Å². The number of halogens is 2. The van der Waals surface area contributed by atoms with Crippen molar-refractivity contribution in [3.8, 4) is 5.82 Å². The topological polar surface area (TPSA) is 85.6 Å². The average Bonchev–Trinajstić information content (AvgIpc) is 2.89. The zero-order valence-corrected chi connectivity index (χ0v) is 16.4. The van der Waals surface area contributed by atoms with Crippen molar-refractivity contribution in [2.45, 2.75) is 39.8 Å². The van der Waals surface area contributed by atoms with E-state index in [-0.39, 0.29) is 11.7 Å². The molecule has 9 heteroatoms. The zero-order valence-electron chi connectivity index (χ0n) is 14.8. The Labute approximate surface area is 158 Å². The number of nitrogens with one attached hydrogen (secondary N) is 1. The fourth-order valence-corrected chi connectivity index (χ4v) is 2.90. The number of alkyl halides is 1. The first-order valence-electron chi connectivity index (χ1n) is 8.08. The maximum absolute atomic E-state index is 14.4. The number of amides is 1. The van der Waals surface area contributed by atoms with E-state index in [1.54, 1.807) is 23.0 Å². The van der Waals surface area contributed by atoms with Gasteiger partial charge in [0.2, 0.25) is 5.91 Å². The highest BCUT2D eigenvalue weighted by molar-refractivity contribution is 9.10. The first-order valence-corrected chi connectivity index (χ1v) is 8.88. The Morgan fingerprint density at radius 3 is 2.69 bits per heavy atom. The van der Waals surface area contributed by atoms with Crippen LogP contribution in [0.1, 0.15) is 39.2 Å². The van der Waals surface area contributed by atoms with E-state index in [0.717, 1.165) is 5.39 Å². The van der Waals surface area contributed by atoms with E-state index >= 15 is 0 Å². The van der Waals surface area contributed by atoms with Crippen LogP contribution in [0.2, 0.25) is 0 Å². The van der Waals surface area contributed by atoms with Crippen molar-refractivity contribution in [3.63, 3.8) is 0 Å². The highest BCUT2D eigenvalue weighted by Crippen LogP contribution is 2.28. The molecule has 26 heavy (non-hydrogen) atoms. The maximum atomic E-state index is 14.4. The highest BCUT2D eigenvalue weighted by atomic mass is 79.9. The standard InChI is InChI=1S/C17H18BrFN6O/c1-5-10-6-14(23-16(22-10)17(3,4)19)25-12-7-13(21-9(2)26)20-8-11(12)15(18)24-25/h6-8H,5H2,1-4H3,(H,20,21,26). The minimum Gasteiger partial charge on any atom is -0.311 e. The summed E-state index contributed by atoms with van der Waals surface area (Å²) >= 11 is 3.41. The van der Waals surface area contributed by atoms with E-state index in [9.17, 15) is 9.18 Å². The van der Waals surface area contributed by atoms with Crippen LogP contribution in [0.15, 0.2) is 22.9 Å². The van der Waals surface area contributed by atoms with E-state index < -0.39 is 5.67 Å². The molecule has 7 nitrogen and oxygen atoms in total. The lowest BCUT2D eigenvalue weighted by Gasteiger charge is -2.15. The third-order valence-corrected chi connectivity index (χ3v) is 4.29. The summed E-state index contributed by atoms with van der Waals surface area (Å²) in [5.41, 5.74) is -0.283. The van der Waals surface area contributed by atoms with Crippen molar-refractivity contribution < 1.29 is 9.18 Å². The molecule has 0 unspecified atom stereocenters. The van der Waals surface area contributed by atoms with Crippen LogP contribution in [0, 0.1) is 0 Å². The van der Waals surface area contributed by atoms with Gasteiger partial charge in [0.05, 0.1) is 10.9 Å². The number of aromatic nitrogens is 5. The van der Waals surface area contributed by atoms with Crippen molar-refractivity contribution in [1.82, 2.24) is 24.7 Å². The molecule has 0 aliphatic rings. The van der Waals surface area contributed by atoms with E-state index in [2.05, 4.69) is 41.3 Å². The summed E-state index contributed by atoms with van der Waals surface area (Å²) in [4.78, 5) is 24.1. The van der Waals surface area contributed by atoms with Crippen LogP contribution >= 0.6 is 15.9 Å². The predicted octanol–water partition coefficient (Wildman–Crippen LogP) is 3.70. The number of carbonyl (C=O) groups excluding carboxylic acids is 1. The number of carbonyl (C=O) groups is 1. The van der Waals surface area contributed by atoms with Crippen LogP contribution in [0.5, 0.6) is 0 Å². The molecule has 0 atom stereocenters. The molecule has 3 heterocycles. The molecule has 0 saturated heterocycles. The molecular formula is C17H18BrFN6O. The molecule has 0 aliphatic heterocycles. The Hall–Kier alpha value is -2.42. The van der Waals surface area contributed by atoms with Gasteiger partial charge in [0.15, 0.2) is 17.3 Å². The largest absolute Gasteiger partial charge is 0.311 e. The van der Waals surface area contributed by atoms with Gasteiger partial charge in [0.1, 0.15) is 10.4 Å². The monoisotopic (exact) mass is 420 g/mol. The third kappa shape index (κ3) is 3.57. The number of rotatable bonds is 4. The number of hydrogen-bond donors (Lipinski definition) is 1. The molecule has 3 aromatic heterocycles. The lowest BCUT2D eigenvalue weighted by Crippen LogP contribution is -2.17. The average molecular weight is 421 g/mol. The molecule has 0 bridgehead atoms. The van der Waals surface area contributed by atoms with E-state index in [4.69, 9.17) is 0 Å². The van der Waals surface area contributed by atoms with Gasteiger partial charge < -0.3 is 5.32 Å². The Kier molecular flexibility index (Phi) is 4.74.